The van der Waals surface area contributed by atoms with E-state index in [-0.39, 0.29) is 11.7 Å². The van der Waals surface area contributed by atoms with Gasteiger partial charge in [-0.05, 0) is 105 Å². The molecule has 0 aromatic heterocycles. The number of rotatable bonds is 12. The van der Waals surface area contributed by atoms with Crippen LogP contribution in [0.2, 0.25) is 0 Å². The van der Waals surface area contributed by atoms with E-state index in [9.17, 15) is 10.2 Å². The minimum atomic E-state index is -0.932. The molecule has 0 aliphatic heterocycles. The predicted molar refractivity (Wildman–Crippen MR) is 190 cm³/mol. The highest BCUT2D eigenvalue weighted by atomic mass is 16.5. The molecule has 3 unspecified atom stereocenters. The van der Waals surface area contributed by atoms with Crippen molar-refractivity contribution in [2.24, 2.45) is 0 Å². The summed E-state index contributed by atoms with van der Waals surface area (Å²) in [6.07, 6.45) is 6.05. The molecule has 0 spiro atoms. The molecule has 2 aliphatic carbocycles. The summed E-state index contributed by atoms with van der Waals surface area (Å²) in [5, 5.41) is 33.5. The molecule has 0 saturated heterocycles. The lowest BCUT2D eigenvalue weighted by atomic mass is 9.78. The van der Waals surface area contributed by atoms with Crippen LogP contribution in [0.4, 0.5) is 0 Å². The molecule has 0 heterocycles. The number of benzene rings is 5. The van der Waals surface area contributed by atoms with Crippen molar-refractivity contribution in [1.82, 2.24) is 0 Å². The number of aliphatic hydroxyl groups is 2. The summed E-state index contributed by atoms with van der Waals surface area (Å²) in [4.78, 5) is 0. The van der Waals surface area contributed by atoms with E-state index in [0.29, 0.717) is 12.2 Å². The van der Waals surface area contributed by atoms with Crippen molar-refractivity contribution >= 4 is 54.9 Å². The standard InChI is InChI=1S/C41H48O5/c1-9-11-23(4)44-38-28-18-14-25-13-17-27-33-31(25)34(28)35-29(39(38)46-40(5,6)20-10-2)19-15-24-12-16-26(32(33)30(24)35)36(43)37(27)45-41(7,8)21-22(3)42/h12-17,19,22-23,36,42-43H,9-11,18,20-21H2,1-8H3. The first-order valence-electron chi connectivity index (χ1n) is 17.2. The molecule has 0 fully saturated rings. The summed E-state index contributed by atoms with van der Waals surface area (Å²) >= 11 is 0. The van der Waals surface area contributed by atoms with Crippen molar-refractivity contribution in [2.75, 3.05) is 0 Å². The maximum atomic E-state index is 12.0. The van der Waals surface area contributed by atoms with Crippen LogP contribution in [0.15, 0.2) is 36.4 Å². The first kappa shape index (κ1) is 31.1. The Morgan fingerprint density at radius 1 is 0.804 bits per heavy atom. The summed E-state index contributed by atoms with van der Waals surface area (Å²) in [6, 6.07) is 12.9. The monoisotopic (exact) mass is 620 g/mol. The molecule has 5 aromatic carbocycles. The van der Waals surface area contributed by atoms with E-state index in [1.165, 1.54) is 26.9 Å². The molecule has 5 aromatic rings. The summed E-state index contributed by atoms with van der Waals surface area (Å²) < 4.78 is 20.7. The Labute approximate surface area is 271 Å². The van der Waals surface area contributed by atoms with Gasteiger partial charge in [-0.3, -0.25) is 0 Å². The van der Waals surface area contributed by atoms with Gasteiger partial charge in [-0.25, -0.2) is 0 Å². The molecule has 5 nitrogen and oxygen atoms in total. The molecule has 7 rings (SSSR count). The fraction of sp³-hybridized carbons (Fsp3) is 0.463. The van der Waals surface area contributed by atoms with Crippen LogP contribution >= 0.6 is 0 Å². The molecule has 0 bridgehead atoms. The summed E-state index contributed by atoms with van der Waals surface area (Å²) in [5.41, 5.74) is 0.978. The zero-order valence-corrected chi connectivity index (χ0v) is 28.6. The summed E-state index contributed by atoms with van der Waals surface area (Å²) in [5.74, 6) is 2.24. The lowest BCUT2D eigenvalue weighted by Crippen LogP contribution is -2.33. The van der Waals surface area contributed by atoms with Crippen molar-refractivity contribution in [1.29, 1.82) is 0 Å². The molecule has 46 heavy (non-hydrogen) atoms. The number of hydrogen-bond donors (Lipinski definition) is 2. The Morgan fingerprint density at radius 3 is 2.28 bits per heavy atom. The maximum Gasteiger partial charge on any atom is 0.170 e. The second kappa shape index (κ2) is 11.0. The van der Waals surface area contributed by atoms with E-state index in [1.54, 1.807) is 6.92 Å². The zero-order chi connectivity index (χ0) is 32.7. The van der Waals surface area contributed by atoms with Crippen molar-refractivity contribution in [3.8, 4) is 11.5 Å². The van der Waals surface area contributed by atoms with Crippen LogP contribution in [0.5, 0.6) is 11.5 Å². The molecule has 5 heteroatoms. The fourth-order valence-corrected chi connectivity index (χ4v) is 8.38. The van der Waals surface area contributed by atoms with Crippen LogP contribution in [-0.2, 0) is 11.2 Å². The molecule has 0 saturated carbocycles. The first-order chi connectivity index (χ1) is 21.9. The third-order valence-corrected chi connectivity index (χ3v) is 9.99. The third kappa shape index (κ3) is 4.81. The average Bonchev–Trinajstić information content (AvgIpc) is 2.98. The van der Waals surface area contributed by atoms with Crippen LogP contribution in [0.1, 0.15) is 105 Å². The molecule has 3 atom stereocenters. The van der Waals surface area contributed by atoms with Gasteiger partial charge in [-0.2, -0.15) is 0 Å². The lowest BCUT2D eigenvalue weighted by molar-refractivity contribution is 0.00343. The number of aliphatic hydroxyl groups excluding tert-OH is 2. The van der Waals surface area contributed by atoms with Gasteiger partial charge in [0.15, 0.2) is 11.5 Å². The second-order valence-electron chi connectivity index (χ2n) is 15.0. The Hall–Kier alpha value is -3.54. The van der Waals surface area contributed by atoms with Crippen molar-refractivity contribution in [2.45, 2.75) is 123 Å². The molecule has 0 radical (unpaired) electrons. The Balaban J connectivity index is 1.66. The van der Waals surface area contributed by atoms with Gasteiger partial charge < -0.3 is 24.4 Å². The highest BCUT2D eigenvalue weighted by Crippen LogP contribution is 2.53. The molecular formula is C41H48O5. The van der Waals surface area contributed by atoms with E-state index in [4.69, 9.17) is 14.2 Å². The Bertz CT molecular complexity index is 2120. The van der Waals surface area contributed by atoms with E-state index in [1.807, 2.05) is 13.8 Å². The van der Waals surface area contributed by atoms with Crippen molar-refractivity contribution in [3.63, 3.8) is 0 Å². The minimum absolute atomic E-state index is 0.0412. The Morgan fingerprint density at radius 2 is 1.57 bits per heavy atom. The van der Waals surface area contributed by atoms with E-state index < -0.39 is 17.8 Å². The number of ether oxygens (including phenoxy) is 3. The molecule has 2 aliphatic rings. The Kier molecular flexibility index (Phi) is 7.45. The minimum Gasteiger partial charge on any atom is -0.488 e. The molecule has 0 amide bonds. The zero-order valence-electron chi connectivity index (χ0n) is 28.6. The quantitative estimate of drug-likeness (QED) is 0.108. The van der Waals surface area contributed by atoms with Crippen LogP contribution < -0.4 is 19.9 Å². The van der Waals surface area contributed by atoms with Crippen molar-refractivity contribution < 1.29 is 24.4 Å². The topological polar surface area (TPSA) is 68.2 Å². The maximum absolute atomic E-state index is 12.0. The van der Waals surface area contributed by atoms with E-state index >= 15 is 0 Å². The molecule has 2 N–H and O–H groups in total. The average molecular weight is 621 g/mol. The largest absolute Gasteiger partial charge is 0.488 e. The van der Waals surface area contributed by atoms with E-state index in [2.05, 4.69) is 77.1 Å². The van der Waals surface area contributed by atoms with Gasteiger partial charge >= 0.3 is 0 Å². The summed E-state index contributed by atoms with van der Waals surface area (Å²) in [6.45, 7) is 16.6. The van der Waals surface area contributed by atoms with Crippen LogP contribution in [0.25, 0.3) is 54.9 Å². The van der Waals surface area contributed by atoms with Gasteiger partial charge in [-0.15, -0.1) is 0 Å². The van der Waals surface area contributed by atoms with Gasteiger partial charge in [0.1, 0.15) is 23.1 Å². The highest BCUT2D eigenvalue weighted by molar-refractivity contribution is 6.37. The van der Waals surface area contributed by atoms with Crippen molar-refractivity contribution in [3.05, 3.63) is 58.0 Å². The fourth-order valence-electron chi connectivity index (χ4n) is 8.38. The second-order valence-corrected chi connectivity index (χ2v) is 15.0. The van der Waals surface area contributed by atoms with Crippen LogP contribution in [-0.4, -0.2) is 33.6 Å². The lowest BCUT2D eigenvalue weighted by Gasteiger charge is -2.35. The first-order valence-corrected chi connectivity index (χ1v) is 17.2. The smallest absolute Gasteiger partial charge is 0.170 e. The van der Waals surface area contributed by atoms with Gasteiger partial charge in [-0.1, -0.05) is 63.1 Å². The van der Waals surface area contributed by atoms with Gasteiger partial charge in [0.2, 0.25) is 0 Å². The molecule has 242 valence electrons. The molecular weight excluding hydrogens is 572 g/mol. The normalized spacial score (nSPS) is 17.4. The van der Waals surface area contributed by atoms with Gasteiger partial charge in [0.25, 0.3) is 0 Å². The van der Waals surface area contributed by atoms with Gasteiger partial charge in [0.05, 0.1) is 12.2 Å². The van der Waals surface area contributed by atoms with Crippen LogP contribution in [0, 0.1) is 0 Å². The third-order valence-electron chi connectivity index (χ3n) is 9.99. The number of hydrogen-bond acceptors (Lipinski definition) is 5. The summed E-state index contributed by atoms with van der Waals surface area (Å²) in [7, 11) is 0. The SMILES string of the molecule is CCCC(C)Oc1c(OC(C)(C)CCC)c2ccc3ccc4c5c6c(ccc7c6c(c1CC=7)c2c35)=C(OC(C)(C)CC(C)O)C4O. The van der Waals surface area contributed by atoms with E-state index in [0.717, 1.165) is 81.3 Å². The van der Waals surface area contributed by atoms with Gasteiger partial charge in [0, 0.05) is 33.4 Å². The predicted octanol–water partition coefficient (Wildman–Crippen LogP) is 8.32. The van der Waals surface area contributed by atoms with Crippen LogP contribution in [0.3, 0.4) is 0 Å². The highest BCUT2D eigenvalue weighted by Gasteiger charge is 2.35.